The number of nitrogens with one attached hydrogen (secondary N) is 1. The van der Waals surface area contributed by atoms with Gasteiger partial charge in [0.2, 0.25) is 5.91 Å². The van der Waals surface area contributed by atoms with E-state index in [9.17, 15) is 14.9 Å². The lowest BCUT2D eigenvalue weighted by molar-refractivity contribution is -0.384. The van der Waals surface area contributed by atoms with E-state index < -0.39 is 4.92 Å². The molecular formula is C17H17N3O3. The molecule has 0 radical (unpaired) electrons. The van der Waals surface area contributed by atoms with Crippen LogP contribution in [0, 0.1) is 17.0 Å². The molecule has 118 valence electrons. The van der Waals surface area contributed by atoms with Crippen LogP contribution in [-0.2, 0) is 11.2 Å². The average molecular weight is 311 g/mol. The Morgan fingerprint density at radius 1 is 1.13 bits per heavy atom. The Balaban J connectivity index is 1.95. The van der Waals surface area contributed by atoms with Crippen LogP contribution in [0.2, 0.25) is 0 Å². The van der Waals surface area contributed by atoms with Crippen molar-refractivity contribution in [3.8, 4) is 0 Å². The fourth-order valence-corrected chi connectivity index (χ4v) is 1.97. The molecule has 0 spiro atoms. The second kappa shape index (κ2) is 7.31. The highest BCUT2D eigenvalue weighted by molar-refractivity contribution is 5.99. The topological polar surface area (TPSA) is 84.6 Å². The smallest absolute Gasteiger partial charge is 0.269 e. The van der Waals surface area contributed by atoms with Crippen LogP contribution in [0.3, 0.4) is 0 Å². The number of non-ortho nitro benzene ring substituents is 1. The molecule has 0 fully saturated rings. The van der Waals surface area contributed by atoms with Gasteiger partial charge in [-0.25, -0.2) is 5.43 Å². The molecule has 0 aliphatic rings. The van der Waals surface area contributed by atoms with Crippen LogP contribution in [0.1, 0.15) is 23.6 Å². The molecule has 23 heavy (non-hydrogen) atoms. The zero-order valence-corrected chi connectivity index (χ0v) is 12.9. The number of benzene rings is 2. The van der Waals surface area contributed by atoms with Gasteiger partial charge in [-0.2, -0.15) is 5.10 Å². The van der Waals surface area contributed by atoms with Crippen LogP contribution in [0.15, 0.2) is 53.6 Å². The summed E-state index contributed by atoms with van der Waals surface area (Å²) in [5.41, 5.74) is 5.99. The van der Waals surface area contributed by atoms with Crippen molar-refractivity contribution in [2.45, 2.75) is 20.3 Å². The van der Waals surface area contributed by atoms with Gasteiger partial charge in [0, 0.05) is 12.1 Å². The van der Waals surface area contributed by atoms with Gasteiger partial charge < -0.3 is 0 Å². The summed E-state index contributed by atoms with van der Waals surface area (Å²) in [7, 11) is 0. The fraction of sp³-hybridized carbons (Fsp3) is 0.176. The van der Waals surface area contributed by atoms with Crippen LogP contribution >= 0.6 is 0 Å². The Morgan fingerprint density at radius 2 is 1.74 bits per heavy atom. The predicted octanol–water partition coefficient (Wildman–Crippen LogP) is 2.99. The van der Waals surface area contributed by atoms with Crippen LogP contribution < -0.4 is 5.43 Å². The van der Waals surface area contributed by atoms with E-state index in [0.717, 1.165) is 11.1 Å². The minimum Gasteiger partial charge on any atom is -0.273 e. The molecule has 0 atom stereocenters. The van der Waals surface area contributed by atoms with E-state index in [0.29, 0.717) is 11.3 Å². The summed E-state index contributed by atoms with van der Waals surface area (Å²) < 4.78 is 0. The first kappa shape index (κ1) is 16.4. The summed E-state index contributed by atoms with van der Waals surface area (Å²) in [5.74, 6) is -0.273. The molecule has 0 saturated carbocycles. The maximum atomic E-state index is 11.9. The molecule has 0 aliphatic carbocycles. The number of carbonyl (C=O) groups excluding carboxylic acids is 1. The van der Waals surface area contributed by atoms with Gasteiger partial charge in [-0.05, 0) is 25.0 Å². The average Bonchev–Trinajstić information content (AvgIpc) is 2.54. The molecule has 6 heteroatoms. The highest BCUT2D eigenvalue weighted by atomic mass is 16.6. The van der Waals surface area contributed by atoms with Gasteiger partial charge >= 0.3 is 0 Å². The lowest BCUT2D eigenvalue weighted by atomic mass is 10.1. The normalized spacial score (nSPS) is 11.1. The number of hydrogen-bond donors (Lipinski definition) is 1. The fourth-order valence-electron chi connectivity index (χ4n) is 1.97. The predicted molar refractivity (Wildman–Crippen MR) is 88.3 cm³/mol. The van der Waals surface area contributed by atoms with Gasteiger partial charge in [0.25, 0.3) is 5.69 Å². The van der Waals surface area contributed by atoms with Gasteiger partial charge in [0.05, 0.1) is 17.1 Å². The molecule has 0 unspecified atom stereocenters. The number of nitro benzene ring substituents is 1. The number of amides is 1. The van der Waals surface area contributed by atoms with Gasteiger partial charge in [-0.1, -0.05) is 42.0 Å². The minimum absolute atomic E-state index is 0.00222. The molecule has 2 aromatic rings. The lowest BCUT2D eigenvalue weighted by Crippen LogP contribution is -2.21. The van der Waals surface area contributed by atoms with Gasteiger partial charge in [0.15, 0.2) is 0 Å². The summed E-state index contributed by atoms with van der Waals surface area (Å²) >= 11 is 0. The zero-order valence-electron chi connectivity index (χ0n) is 12.9. The van der Waals surface area contributed by atoms with Crippen molar-refractivity contribution in [3.05, 3.63) is 75.3 Å². The molecule has 2 rings (SSSR count). The van der Waals surface area contributed by atoms with Crippen molar-refractivity contribution in [1.29, 1.82) is 0 Å². The number of carbonyl (C=O) groups is 1. The maximum absolute atomic E-state index is 11.9. The largest absolute Gasteiger partial charge is 0.273 e. The third-order valence-corrected chi connectivity index (χ3v) is 3.33. The molecule has 1 amide bonds. The monoisotopic (exact) mass is 311 g/mol. The number of nitro groups is 1. The van der Waals surface area contributed by atoms with Crippen LogP contribution in [0.4, 0.5) is 5.69 Å². The molecule has 2 aromatic carbocycles. The van der Waals surface area contributed by atoms with Crippen molar-refractivity contribution in [3.63, 3.8) is 0 Å². The standard InChI is InChI=1S/C17H17N3O3/c1-12-3-7-15(8-4-12)13(2)18-19-17(21)11-14-5-9-16(10-6-14)20(22)23/h3-10H,11H2,1-2H3,(H,19,21)/b18-13+. The molecule has 0 bridgehead atoms. The van der Waals surface area contributed by atoms with Crippen molar-refractivity contribution >= 4 is 17.3 Å². The highest BCUT2D eigenvalue weighted by Gasteiger charge is 2.07. The van der Waals surface area contributed by atoms with Crippen LogP contribution in [-0.4, -0.2) is 16.5 Å². The number of aryl methyl sites for hydroxylation is 1. The third kappa shape index (κ3) is 4.74. The van der Waals surface area contributed by atoms with Crippen molar-refractivity contribution in [2.75, 3.05) is 0 Å². The van der Waals surface area contributed by atoms with E-state index in [4.69, 9.17) is 0 Å². The van der Waals surface area contributed by atoms with E-state index in [1.807, 2.05) is 38.1 Å². The lowest BCUT2D eigenvalue weighted by Gasteiger charge is -2.04. The van der Waals surface area contributed by atoms with E-state index in [1.165, 1.54) is 12.1 Å². The first-order chi connectivity index (χ1) is 11.0. The van der Waals surface area contributed by atoms with Gasteiger partial charge in [0.1, 0.15) is 0 Å². The first-order valence-electron chi connectivity index (χ1n) is 7.09. The molecule has 0 saturated heterocycles. The third-order valence-electron chi connectivity index (χ3n) is 3.33. The first-order valence-corrected chi connectivity index (χ1v) is 7.09. The van der Waals surface area contributed by atoms with Crippen LogP contribution in [0.25, 0.3) is 0 Å². The summed E-state index contributed by atoms with van der Waals surface area (Å²) in [5, 5.41) is 14.7. The number of nitrogens with zero attached hydrogens (tertiary/aromatic N) is 2. The van der Waals surface area contributed by atoms with E-state index in [1.54, 1.807) is 12.1 Å². The van der Waals surface area contributed by atoms with E-state index in [-0.39, 0.29) is 18.0 Å². The summed E-state index contributed by atoms with van der Waals surface area (Å²) in [6.45, 7) is 3.82. The van der Waals surface area contributed by atoms with Crippen molar-refractivity contribution < 1.29 is 9.72 Å². The molecule has 0 heterocycles. The van der Waals surface area contributed by atoms with E-state index in [2.05, 4.69) is 10.5 Å². The number of hydrogen-bond acceptors (Lipinski definition) is 4. The van der Waals surface area contributed by atoms with Crippen molar-refractivity contribution in [2.24, 2.45) is 5.10 Å². The van der Waals surface area contributed by atoms with Gasteiger partial charge in [-0.15, -0.1) is 0 Å². The maximum Gasteiger partial charge on any atom is 0.269 e. The second-order valence-corrected chi connectivity index (χ2v) is 5.20. The molecular weight excluding hydrogens is 294 g/mol. The quantitative estimate of drug-likeness (QED) is 0.523. The molecule has 0 aromatic heterocycles. The SMILES string of the molecule is C/C(=N\NC(=O)Cc1ccc([N+](=O)[O-])cc1)c1ccc(C)cc1. The molecule has 1 N–H and O–H groups in total. The second-order valence-electron chi connectivity index (χ2n) is 5.20. The zero-order chi connectivity index (χ0) is 16.8. The molecule has 0 aliphatic heterocycles. The Kier molecular flexibility index (Phi) is 5.19. The van der Waals surface area contributed by atoms with Gasteiger partial charge in [-0.3, -0.25) is 14.9 Å². The Hall–Kier alpha value is -3.02. The Labute approximate surface area is 134 Å². The Morgan fingerprint density at radius 3 is 2.30 bits per heavy atom. The minimum atomic E-state index is -0.473. The summed E-state index contributed by atoms with van der Waals surface area (Å²) in [6.07, 6.45) is 0.114. The Bertz CT molecular complexity index is 735. The highest BCUT2D eigenvalue weighted by Crippen LogP contribution is 2.12. The summed E-state index contributed by atoms with van der Waals surface area (Å²) in [6, 6.07) is 13.7. The number of rotatable bonds is 5. The van der Waals surface area contributed by atoms with Crippen molar-refractivity contribution in [1.82, 2.24) is 5.43 Å². The van der Waals surface area contributed by atoms with Crippen LogP contribution in [0.5, 0.6) is 0 Å². The number of hydrazone groups is 1. The summed E-state index contributed by atoms with van der Waals surface area (Å²) in [4.78, 5) is 22.0. The molecule has 6 nitrogen and oxygen atoms in total. The van der Waals surface area contributed by atoms with E-state index >= 15 is 0 Å².